The lowest BCUT2D eigenvalue weighted by molar-refractivity contribution is 0.529. The van der Waals surface area contributed by atoms with Crippen molar-refractivity contribution in [3.63, 3.8) is 0 Å². The van der Waals surface area contributed by atoms with Gasteiger partial charge in [0.2, 0.25) is 0 Å². The zero-order chi connectivity index (χ0) is 14.4. The maximum Gasteiger partial charge on any atom is 0.0406 e. The second-order valence-electron chi connectivity index (χ2n) is 4.89. The van der Waals surface area contributed by atoms with Crippen molar-refractivity contribution in [3.8, 4) is 0 Å². The molecule has 0 radical (unpaired) electrons. The van der Waals surface area contributed by atoms with E-state index in [0.29, 0.717) is 6.04 Å². The third-order valence-corrected chi connectivity index (χ3v) is 4.05. The van der Waals surface area contributed by atoms with Crippen molar-refractivity contribution in [2.45, 2.75) is 25.8 Å². The maximum atomic E-state index is 5.97. The van der Waals surface area contributed by atoms with Gasteiger partial charge in [-0.3, -0.25) is 0 Å². The highest BCUT2D eigenvalue weighted by atomic mass is 79.9. The summed E-state index contributed by atoms with van der Waals surface area (Å²) in [4.78, 5) is 0. The molecule has 1 N–H and O–H groups in total. The average molecular weight is 353 g/mol. The van der Waals surface area contributed by atoms with Gasteiger partial charge in [0, 0.05) is 15.5 Å². The maximum absolute atomic E-state index is 5.97. The molecule has 0 aromatic heterocycles. The van der Waals surface area contributed by atoms with Crippen LogP contribution in [0.25, 0.3) is 0 Å². The number of hydrogen-bond acceptors (Lipinski definition) is 1. The fourth-order valence-corrected chi connectivity index (χ4v) is 2.57. The molecule has 0 spiro atoms. The SMILES string of the molecule is CCCNC(Cc1ccc(Br)cc1)c1ccc(Cl)cc1. The molecule has 0 amide bonds. The molecule has 0 aliphatic rings. The zero-order valence-electron chi connectivity index (χ0n) is 11.6. The molecule has 106 valence electrons. The first kappa shape index (κ1) is 15.6. The molecule has 0 aliphatic heterocycles. The summed E-state index contributed by atoms with van der Waals surface area (Å²) in [7, 11) is 0. The largest absolute Gasteiger partial charge is 0.310 e. The summed E-state index contributed by atoms with van der Waals surface area (Å²) in [5.74, 6) is 0. The highest BCUT2D eigenvalue weighted by Crippen LogP contribution is 2.21. The quantitative estimate of drug-likeness (QED) is 0.735. The molecule has 0 saturated carbocycles. The standard InChI is InChI=1S/C17H19BrClN/c1-2-11-20-17(14-5-9-16(19)10-6-14)12-13-3-7-15(18)8-4-13/h3-10,17,20H,2,11-12H2,1H3. The molecule has 0 aliphatic carbocycles. The van der Waals surface area contributed by atoms with Gasteiger partial charge in [-0.2, -0.15) is 0 Å². The summed E-state index contributed by atoms with van der Waals surface area (Å²) in [5, 5.41) is 4.40. The summed E-state index contributed by atoms with van der Waals surface area (Å²) >= 11 is 9.45. The minimum absolute atomic E-state index is 0.327. The van der Waals surface area contributed by atoms with Crippen LogP contribution in [-0.4, -0.2) is 6.54 Å². The molecule has 0 fully saturated rings. The van der Waals surface area contributed by atoms with Gasteiger partial charge in [-0.1, -0.05) is 58.7 Å². The van der Waals surface area contributed by atoms with Gasteiger partial charge < -0.3 is 5.32 Å². The Labute approximate surface area is 134 Å². The van der Waals surface area contributed by atoms with E-state index in [1.165, 1.54) is 11.1 Å². The number of rotatable bonds is 6. The van der Waals surface area contributed by atoms with Crippen molar-refractivity contribution in [2.24, 2.45) is 0 Å². The second-order valence-corrected chi connectivity index (χ2v) is 6.24. The Morgan fingerprint density at radius 3 is 2.30 bits per heavy atom. The van der Waals surface area contributed by atoms with Gasteiger partial charge in [-0.05, 0) is 54.8 Å². The van der Waals surface area contributed by atoms with Crippen molar-refractivity contribution >= 4 is 27.5 Å². The van der Waals surface area contributed by atoms with Crippen LogP contribution in [0.5, 0.6) is 0 Å². The summed E-state index contributed by atoms with van der Waals surface area (Å²) in [6, 6.07) is 17.0. The van der Waals surface area contributed by atoms with E-state index in [1.807, 2.05) is 12.1 Å². The van der Waals surface area contributed by atoms with Crippen molar-refractivity contribution in [1.82, 2.24) is 5.32 Å². The molecule has 2 aromatic carbocycles. The molecule has 3 heteroatoms. The third kappa shape index (κ3) is 4.62. The first-order chi connectivity index (χ1) is 9.69. The van der Waals surface area contributed by atoms with Gasteiger partial charge in [0.1, 0.15) is 0 Å². The van der Waals surface area contributed by atoms with Crippen LogP contribution in [-0.2, 0) is 6.42 Å². The highest BCUT2D eigenvalue weighted by Gasteiger charge is 2.11. The molecule has 20 heavy (non-hydrogen) atoms. The van der Waals surface area contributed by atoms with E-state index in [-0.39, 0.29) is 0 Å². The van der Waals surface area contributed by atoms with Gasteiger partial charge in [0.05, 0.1) is 0 Å². The predicted octanol–water partition coefficient (Wildman–Crippen LogP) is 5.39. The first-order valence-corrected chi connectivity index (χ1v) is 8.09. The Hall–Kier alpha value is -0.830. The van der Waals surface area contributed by atoms with Gasteiger partial charge in [-0.15, -0.1) is 0 Å². The number of halogens is 2. The van der Waals surface area contributed by atoms with Crippen LogP contribution in [0, 0.1) is 0 Å². The van der Waals surface area contributed by atoms with Gasteiger partial charge in [0.15, 0.2) is 0 Å². The predicted molar refractivity (Wildman–Crippen MR) is 90.3 cm³/mol. The topological polar surface area (TPSA) is 12.0 Å². The number of hydrogen-bond donors (Lipinski definition) is 1. The Morgan fingerprint density at radius 2 is 1.70 bits per heavy atom. The fourth-order valence-electron chi connectivity index (χ4n) is 2.18. The Morgan fingerprint density at radius 1 is 1.05 bits per heavy atom. The first-order valence-electron chi connectivity index (χ1n) is 6.92. The normalized spacial score (nSPS) is 12.3. The molecule has 1 unspecified atom stereocenters. The molecule has 0 saturated heterocycles. The Balaban J connectivity index is 2.14. The Kier molecular flexibility index (Phi) is 6.08. The Bertz CT molecular complexity index is 522. The molecular weight excluding hydrogens is 334 g/mol. The van der Waals surface area contributed by atoms with Crippen LogP contribution >= 0.6 is 27.5 Å². The van der Waals surface area contributed by atoms with Gasteiger partial charge >= 0.3 is 0 Å². The summed E-state index contributed by atoms with van der Waals surface area (Å²) in [6.45, 7) is 3.20. The van der Waals surface area contributed by atoms with E-state index in [0.717, 1.165) is 28.9 Å². The zero-order valence-corrected chi connectivity index (χ0v) is 13.9. The van der Waals surface area contributed by atoms with Crippen LogP contribution in [0.4, 0.5) is 0 Å². The number of benzene rings is 2. The monoisotopic (exact) mass is 351 g/mol. The highest BCUT2D eigenvalue weighted by molar-refractivity contribution is 9.10. The molecule has 2 rings (SSSR count). The minimum Gasteiger partial charge on any atom is -0.310 e. The van der Waals surface area contributed by atoms with Crippen molar-refractivity contribution in [1.29, 1.82) is 0 Å². The molecule has 0 bridgehead atoms. The fraction of sp³-hybridized carbons (Fsp3) is 0.294. The smallest absolute Gasteiger partial charge is 0.0406 e. The summed E-state index contributed by atoms with van der Waals surface area (Å²) < 4.78 is 1.12. The average Bonchev–Trinajstić information content (AvgIpc) is 2.46. The van der Waals surface area contributed by atoms with Crippen LogP contribution in [0.3, 0.4) is 0 Å². The van der Waals surface area contributed by atoms with Gasteiger partial charge in [-0.25, -0.2) is 0 Å². The lowest BCUT2D eigenvalue weighted by Crippen LogP contribution is -2.24. The van der Waals surface area contributed by atoms with E-state index >= 15 is 0 Å². The molecule has 1 atom stereocenters. The molecule has 0 heterocycles. The van der Waals surface area contributed by atoms with Crippen LogP contribution in [0.2, 0.25) is 5.02 Å². The van der Waals surface area contributed by atoms with E-state index in [1.54, 1.807) is 0 Å². The van der Waals surface area contributed by atoms with E-state index < -0.39 is 0 Å². The molecule has 1 nitrogen and oxygen atoms in total. The van der Waals surface area contributed by atoms with Crippen molar-refractivity contribution in [2.75, 3.05) is 6.54 Å². The third-order valence-electron chi connectivity index (χ3n) is 3.27. The second kappa shape index (κ2) is 7.82. The lowest BCUT2D eigenvalue weighted by atomic mass is 9.99. The van der Waals surface area contributed by atoms with Gasteiger partial charge in [0.25, 0.3) is 0 Å². The van der Waals surface area contributed by atoms with Crippen molar-refractivity contribution < 1.29 is 0 Å². The van der Waals surface area contributed by atoms with E-state index in [4.69, 9.17) is 11.6 Å². The van der Waals surface area contributed by atoms with E-state index in [9.17, 15) is 0 Å². The van der Waals surface area contributed by atoms with E-state index in [2.05, 4.69) is 64.6 Å². The summed E-state index contributed by atoms with van der Waals surface area (Å²) in [5.41, 5.74) is 2.61. The number of nitrogens with one attached hydrogen (secondary N) is 1. The van der Waals surface area contributed by atoms with Crippen LogP contribution < -0.4 is 5.32 Å². The van der Waals surface area contributed by atoms with Crippen LogP contribution in [0.15, 0.2) is 53.0 Å². The molecule has 2 aromatic rings. The molecular formula is C17H19BrClN. The summed E-state index contributed by atoms with van der Waals surface area (Å²) in [6.07, 6.45) is 2.11. The lowest BCUT2D eigenvalue weighted by Gasteiger charge is -2.19. The van der Waals surface area contributed by atoms with Crippen molar-refractivity contribution in [3.05, 3.63) is 69.2 Å². The van der Waals surface area contributed by atoms with Crippen LogP contribution in [0.1, 0.15) is 30.5 Å². The minimum atomic E-state index is 0.327.